The fourth-order valence-corrected chi connectivity index (χ4v) is 5.05. The summed E-state index contributed by atoms with van der Waals surface area (Å²) in [6.45, 7) is 11.1. The topological polar surface area (TPSA) is 104 Å². The summed E-state index contributed by atoms with van der Waals surface area (Å²) in [5.41, 5.74) is 4.60. The standard InChI is InChI=1S/C30H35F3N8O/c1-19-5-10-24(20(2)26(19)22-8-6-21(7-9-22)17-40-13-11-34-12-14-40)41-18-23(15-36-41)27(42)35-16-25-37-28(39-38-25)29(3,4)30(31,32)33/h5-10,15,18,34H,11-14,16-17H2,1-4H3,(H,35,42)(H,37,38,39). The van der Waals surface area contributed by atoms with Crippen LogP contribution in [-0.4, -0.2) is 68.1 Å². The average molecular weight is 581 g/mol. The van der Waals surface area contributed by atoms with E-state index in [2.05, 4.69) is 67.0 Å². The van der Waals surface area contributed by atoms with Gasteiger partial charge in [-0.1, -0.05) is 30.3 Å². The number of H-pyrrole nitrogens is 1. The van der Waals surface area contributed by atoms with Crippen LogP contribution in [0.2, 0.25) is 0 Å². The van der Waals surface area contributed by atoms with Crippen LogP contribution in [0.5, 0.6) is 0 Å². The van der Waals surface area contributed by atoms with Gasteiger partial charge in [-0.2, -0.15) is 23.4 Å². The van der Waals surface area contributed by atoms with Gasteiger partial charge < -0.3 is 10.6 Å². The van der Waals surface area contributed by atoms with Crippen LogP contribution in [0.1, 0.15) is 52.5 Å². The number of alkyl halides is 3. The van der Waals surface area contributed by atoms with Gasteiger partial charge in [0.2, 0.25) is 0 Å². The van der Waals surface area contributed by atoms with Crippen molar-refractivity contribution in [3.63, 3.8) is 0 Å². The summed E-state index contributed by atoms with van der Waals surface area (Å²) in [4.78, 5) is 19.2. The van der Waals surface area contributed by atoms with E-state index >= 15 is 0 Å². The smallest absolute Gasteiger partial charge is 0.345 e. The number of halogens is 3. The monoisotopic (exact) mass is 580 g/mol. The van der Waals surface area contributed by atoms with Crippen LogP contribution in [0, 0.1) is 13.8 Å². The number of rotatable bonds is 8. The minimum absolute atomic E-state index is 0.108. The van der Waals surface area contributed by atoms with E-state index in [1.54, 1.807) is 10.9 Å². The van der Waals surface area contributed by atoms with E-state index in [0.29, 0.717) is 5.56 Å². The lowest BCUT2D eigenvalue weighted by atomic mass is 9.92. The number of amides is 1. The Balaban J connectivity index is 1.28. The number of nitrogens with zero attached hydrogens (tertiary/aromatic N) is 5. The zero-order chi connectivity index (χ0) is 30.1. The van der Waals surface area contributed by atoms with Gasteiger partial charge in [0.1, 0.15) is 11.2 Å². The number of nitrogens with one attached hydrogen (secondary N) is 3. The lowest BCUT2D eigenvalue weighted by Crippen LogP contribution is -2.42. The maximum atomic E-state index is 13.3. The van der Waals surface area contributed by atoms with E-state index in [-0.39, 0.29) is 18.2 Å². The molecule has 0 unspecified atom stereocenters. The molecule has 222 valence electrons. The quantitative estimate of drug-likeness (QED) is 0.285. The number of hydrogen-bond donors (Lipinski definition) is 3. The first kappa shape index (κ1) is 29.5. The maximum absolute atomic E-state index is 13.3. The Morgan fingerprint density at radius 2 is 1.76 bits per heavy atom. The molecular weight excluding hydrogens is 545 g/mol. The summed E-state index contributed by atoms with van der Waals surface area (Å²) in [5, 5.41) is 16.6. The minimum atomic E-state index is -4.51. The highest BCUT2D eigenvalue weighted by atomic mass is 19.4. The second kappa shape index (κ2) is 11.7. The van der Waals surface area contributed by atoms with Gasteiger partial charge in [0, 0.05) is 38.9 Å². The van der Waals surface area contributed by atoms with Gasteiger partial charge in [0.25, 0.3) is 5.91 Å². The van der Waals surface area contributed by atoms with Crippen molar-refractivity contribution >= 4 is 5.91 Å². The van der Waals surface area contributed by atoms with Crippen LogP contribution in [0.3, 0.4) is 0 Å². The number of aryl methyl sites for hydroxylation is 1. The van der Waals surface area contributed by atoms with Crippen LogP contribution in [0.15, 0.2) is 48.8 Å². The molecule has 1 fully saturated rings. The lowest BCUT2D eigenvalue weighted by Gasteiger charge is -2.27. The predicted molar refractivity (Wildman–Crippen MR) is 153 cm³/mol. The highest BCUT2D eigenvalue weighted by molar-refractivity contribution is 5.93. The fraction of sp³-hybridized carbons (Fsp3) is 0.400. The van der Waals surface area contributed by atoms with Gasteiger partial charge >= 0.3 is 6.18 Å². The first-order valence-corrected chi connectivity index (χ1v) is 13.9. The molecule has 0 spiro atoms. The first-order chi connectivity index (χ1) is 19.9. The molecule has 4 aromatic rings. The summed E-state index contributed by atoms with van der Waals surface area (Å²) >= 11 is 0. The molecule has 1 aliphatic heterocycles. The molecular formula is C30H35F3N8O. The number of aromatic amines is 1. The van der Waals surface area contributed by atoms with Crippen molar-refractivity contribution in [2.75, 3.05) is 26.2 Å². The van der Waals surface area contributed by atoms with Crippen molar-refractivity contribution in [3.05, 3.63) is 82.7 Å². The number of benzene rings is 2. The molecule has 2 aromatic carbocycles. The molecule has 0 aliphatic carbocycles. The van der Waals surface area contributed by atoms with Gasteiger partial charge in [-0.05, 0) is 61.6 Å². The van der Waals surface area contributed by atoms with E-state index < -0.39 is 17.5 Å². The van der Waals surface area contributed by atoms with Crippen LogP contribution in [0.25, 0.3) is 16.8 Å². The van der Waals surface area contributed by atoms with Crippen molar-refractivity contribution in [1.29, 1.82) is 0 Å². The zero-order valence-electron chi connectivity index (χ0n) is 24.1. The Kier molecular flexibility index (Phi) is 8.20. The molecule has 9 nitrogen and oxygen atoms in total. The minimum Gasteiger partial charge on any atom is -0.345 e. The van der Waals surface area contributed by atoms with E-state index in [9.17, 15) is 18.0 Å². The molecule has 5 rings (SSSR count). The van der Waals surface area contributed by atoms with Crippen LogP contribution >= 0.6 is 0 Å². The summed E-state index contributed by atoms with van der Waals surface area (Å²) in [7, 11) is 0. The summed E-state index contributed by atoms with van der Waals surface area (Å²) in [5.74, 6) is -0.688. The SMILES string of the molecule is Cc1ccc(-n2cc(C(=O)NCc3nc(C(C)(C)C(F)(F)F)n[nH]3)cn2)c(C)c1-c1ccc(CN2CCNCC2)cc1. The van der Waals surface area contributed by atoms with Gasteiger partial charge in [-0.25, -0.2) is 9.67 Å². The second-order valence-electron chi connectivity index (χ2n) is 11.2. The molecule has 0 saturated carbocycles. The van der Waals surface area contributed by atoms with Crippen molar-refractivity contribution in [2.45, 2.75) is 52.4 Å². The normalized spacial score (nSPS) is 14.7. The number of piperazine rings is 1. The molecule has 1 amide bonds. The largest absolute Gasteiger partial charge is 0.401 e. The van der Waals surface area contributed by atoms with Crippen molar-refractivity contribution in [1.82, 2.24) is 40.5 Å². The van der Waals surface area contributed by atoms with E-state index in [1.807, 2.05) is 19.1 Å². The molecule has 42 heavy (non-hydrogen) atoms. The van der Waals surface area contributed by atoms with Crippen molar-refractivity contribution in [3.8, 4) is 16.8 Å². The van der Waals surface area contributed by atoms with Crippen molar-refractivity contribution < 1.29 is 18.0 Å². The predicted octanol–water partition coefficient (Wildman–Crippen LogP) is 4.45. The highest BCUT2D eigenvalue weighted by Crippen LogP contribution is 2.38. The molecule has 0 radical (unpaired) electrons. The molecule has 2 aromatic heterocycles. The first-order valence-electron chi connectivity index (χ1n) is 13.9. The number of hydrogen-bond acceptors (Lipinski definition) is 6. The van der Waals surface area contributed by atoms with Gasteiger partial charge in [-0.15, -0.1) is 0 Å². The molecule has 1 saturated heterocycles. The third kappa shape index (κ3) is 6.09. The number of carbonyl (C=O) groups is 1. The Morgan fingerprint density at radius 3 is 2.45 bits per heavy atom. The van der Waals surface area contributed by atoms with Crippen LogP contribution in [0.4, 0.5) is 13.2 Å². The third-order valence-electron chi connectivity index (χ3n) is 7.81. The van der Waals surface area contributed by atoms with Crippen LogP contribution < -0.4 is 10.6 Å². The van der Waals surface area contributed by atoms with Crippen LogP contribution in [-0.2, 0) is 18.5 Å². The summed E-state index contributed by atoms with van der Waals surface area (Å²) in [6.07, 6.45) is -1.42. The Labute approximate surface area is 242 Å². The Bertz CT molecular complexity index is 1550. The molecule has 3 heterocycles. The molecule has 0 atom stereocenters. The summed E-state index contributed by atoms with van der Waals surface area (Å²) < 4.78 is 41.5. The van der Waals surface area contributed by atoms with Gasteiger partial charge in [0.05, 0.1) is 24.0 Å². The van der Waals surface area contributed by atoms with Gasteiger partial charge in [0.15, 0.2) is 5.82 Å². The molecule has 3 N–H and O–H groups in total. The molecule has 12 heteroatoms. The van der Waals surface area contributed by atoms with E-state index in [0.717, 1.165) is 74.5 Å². The average Bonchev–Trinajstić information content (AvgIpc) is 3.64. The summed E-state index contributed by atoms with van der Waals surface area (Å²) in [6, 6.07) is 12.7. The maximum Gasteiger partial charge on any atom is 0.401 e. The Hall–Kier alpha value is -4.03. The molecule has 1 aliphatic rings. The fourth-order valence-electron chi connectivity index (χ4n) is 5.05. The second-order valence-corrected chi connectivity index (χ2v) is 11.2. The zero-order valence-corrected chi connectivity index (χ0v) is 24.1. The molecule has 0 bridgehead atoms. The Morgan fingerprint density at radius 1 is 1.05 bits per heavy atom. The van der Waals surface area contributed by atoms with E-state index in [1.165, 1.54) is 11.8 Å². The number of carbonyl (C=O) groups excluding carboxylic acids is 1. The van der Waals surface area contributed by atoms with Gasteiger partial charge in [-0.3, -0.25) is 14.8 Å². The highest BCUT2D eigenvalue weighted by Gasteiger charge is 2.51. The van der Waals surface area contributed by atoms with E-state index in [4.69, 9.17) is 0 Å². The number of aromatic nitrogens is 5. The lowest BCUT2D eigenvalue weighted by molar-refractivity contribution is -0.182. The third-order valence-corrected chi connectivity index (χ3v) is 7.81. The van der Waals surface area contributed by atoms with Crippen molar-refractivity contribution in [2.24, 2.45) is 0 Å².